The second kappa shape index (κ2) is 11.3. The number of ketones is 1. The van der Waals surface area contributed by atoms with Gasteiger partial charge in [-0.3, -0.25) is 14.4 Å². The molecule has 1 aliphatic carbocycles. The molecule has 3 aromatic rings. The molecule has 2 heterocycles. The van der Waals surface area contributed by atoms with Crippen LogP contribution in [0.1, 0.15) is 59.1 Å². The molecule has 0 spiro atoms. The number of benzene rings is 2. The molecule has 200 valence electrons. The Kier molecular flexibility index (Phi) is 7.65. The molecule has 1 aliphatic heterocycles. The van der Waals surface area contributed by atoms with Gasteiger partial charge in [-0.1, -0.05) is 15.9 Å². The van der Waals surface area contributed by atoms with Crippen molar-refractivity contribution in [3.63, 3.8) is 0 Å². The van der Waals surface area contributed by atoms with Crippen LogP contribution in [0.3, 0.4) is 0 Å². The molecule has 0 fully saturated rings. The second-order valence-corrected chi connectivity index (χ2v) is 10.2. The topological polar surface area (TPSA) is 129 Å². The summed E-state index contributed by atoms with van der Waals surface area (Å²) in [6, 6.07) is 11.9. The molecule has 0 unspecified atom stereocenters. The number of carbonyl (C=O) groups excluding carboxylic acids is 4. The van der Waals surface area contributed by atoms with Gasteiger partial charge in [0.05, 0.1) is 12.2 Å². The number of fused-ring (bicyclic) bond motifs is 2. The Morgan fingerprint density at radius 3 is 2.56 bits per heavy atom. The zero-order chi connectivity index (χ0) is 27.5. The smallest absolute Gasteiger partial charge is 0.323 e. The van der Waals surface area contributed by atoms with E-state index in [0.717, 1.165) is 28.6 Å². The van der Waals surface area contributed by atoms with Crippen LogP contribution in [0.25, 0.3) is 11.6 Å². The summed E-state index contributed by atoms with van der Waals surface area (Å²) in [6.45, 7) is 2.04. The number of ether oxygens (including phenoxy) is 1. The Bertz CT molecular complexity index is 1510. The van der Waals surface area contributed by atoms with Gasteiger partial charge in [-0.15, -0.1) is 0 Å². The van der Waals surface area contributed by atoms with Gasteiger partial charge in [0, 0.05) is 56.9 Å². The van der Waals surface area contributed by atoms with Gasteiger partial charge in [-0.25, -0.2) is 4.79 Å². The number of hydrogen-bond donors (Lipinski definition) is 4. The third-order valence-corrected chi connectivity index (χ3v) is 7.19. The summed E-state index contributed by atoms with van der Waals surface area (Å²) in [6.07, 6.45) is 4.10. The summed E-state index contributed by atoms with van der Waals surface area (Å²) in [5.74, 6) is -0.595. The van der Waals surface area contributed by atoms with Crippen LogP contribution < -0.4 is 16.0 Å². The predicted molar refractivity (Wildman–Crippen MR) is 153 cm³/mol. The Labute approximate surface area is 233 Å². The monoisotopic (exact) mass is 590 g/mol. The van der Waals surface area contributed by atoms with Gasteiger partial charge in [-0.05, 0) is 80.3 Å². The molecular weight excluding hydrogens is 564 g/mol. The fourth-order valence-electron chi connectivity index (χ4n) is 4.92. The highest BCUT2D eigenvalue weighted by Gasteiger charge is 2.29. The normalized spacial score (nSPS) is 15.0. The second-order valence-electron chi connectivity index (χ2n) is 9.31. The molecule has 0 atom stereocenters. The lowest BCUT2D eigenvalue weighted by molar-refractivity contribution is -0.143. The lowest BCUT2D eigenvalue weighted by Gasteiger charge is -2.11. The summed E-state index contributed by atoms with van der Waals surface area (Å²) in [5, 5.41) is 8.43. The largest absolute Gasteiger partial charge is 0.466 e. The molecule has 0 saturated carbocycles. The number of hydrogen-bond acceptors (Lipinski definition) is 5. The number of anilines is 3. The minimum Gasteiger partial charge on any atom is -0.466 e. The van der Waals surface area contributed by atoms with Crippen molar-refractivity contribution in [1.82, 2.24) is 4.98 Å². The number of aromatic amines is 1. The number of amides is 3. The van der Waals surface area contributed by atoms with E-state index in [9.17, 15) is 19.2 Å². The van der Waals surface area contributed by atoms with Gasteiger partial charge < -0.3 is 25.7 Å². The van der Waals surface area contributed by atoms with Crippen molar-refractivity contribution in [3.8, 4) is 0 Å². The summed E-state index contributed by atoms with van der Waals surface area (Å²) in [5.41, 5.74) is 5.58. The molecule has 0 bridgehead atoms. The number of carbonyl (C=O) groups is 4. The van der Waals surface area contributed by atoms with Crippen LogP contribution in [-0.2, 0) is 27.2 Å². The lowest BCUT2D eigenvalue weighted by atomic mass is 9.91. The number of rotatable bonds is 7. The number of aromatic nitrogens is 1. The van der Waals surface area contributed by atoms with E-state index in [1.807, 2.05) is 12.1 Å². The number of esters is 1. The molecule has 0 radical (unpaired) electrons. The van der Waals surface area contributed by atoms with E-state index in [2.05, 4.69) is 36.9 Å². The lowest BCUT2D eigenvalue weighted by Crippen LogP contribution is -2.19. The fraction of sp³-hybridized carbons (Fsp3) is 0.241. The van der Waals surface area contributed by atoms with Crippen LogP contribution in [0.5, 0.6) is 0 Å². The Morgan fingerprint density at radius 2 is 1.79 bits per heavy atom. The van der Waals surface area contributed by atoms with Crippen LogP contribution >= 0.6 is 15.9 Å². The van der Waals surface area contributed by atoms with Crippen LogP contribution in [0, 0.1) is 0 Å². The van der Waals surface area contributed by atoms with Crippen LogP contribution in [0.2, 0.25) is 0 Å². The molecule has 5 rings (SSSR count). The number of Topliss-reactive ketones (excluding diaryl/α,β-unsaturated/α-hetero) is 1. The predicted octanol–water partition coefficient (Wildman–Crippen LogP) is 5.93. The quantitative estimate of drug-likeness (QED) is 0.200. The van der Waals surface area contributed by atoms with E-state index in [1.54, 1.807) is 43.3 Å². The number of halogens is 1. The van der Waals surface area contributed by atoms with Gasteiger partial charge in [-0.2, -0.15) is 0 Å². The number of nitrogens with one attached hydrogen (secondary N) is 4. The van der Waals surface area contributed by atoms with E-state index < -0.39 is 6.03 Å². The molecule has 9 nitrogen and oxygen atoms in total. The Hall–Kier alpha value is -4.18. The number of H-pyrrole nitrogens is 1. The first-order valence-corrected chi connectivity index (χ1v) is 13.5. The maximum Gasteiger partial charge on any atom is 0.323 e. The van der Waals surface area contributed by atoms with Crippen molar-refractivity contribution < 1.29 is 23.9 Å². The Balaban J connectivity index is 1.43. The van der Waals surface area contributed by atoms with E-state index in [4.69, 9.17) is 4.74 Å². The van der Waals surface area contributed by atoms with E-state index >= 15 is 0 Å². The van der Waals surface area contributed by atoms with E-state index in [0.29, 0.717) is 52.3 Å². The first kappa shape index (κ1) is 26.4. The van der Waals surface area contributed by atoms with Crippen molar-refractivity contribution in [2.45, 2.75) is 39.0 Å². The molecular formula is C29H27BrN4O5. The summed E-state index contributed by atoms with van der Waals surface area (Å²) < 4.78 is 5.98. The average Bonchev–Trinajstić information content (AvgIpc) is 3.41. The van der Waals surface area contributed by atoms with Crippen molar-refractivity contribution in [2.24, 2.45) is 0 Å². The average molecular weight is 591 g/mol. The number of aryl methyl sites for hydroxylation is 1. The van der Waals surface area contributed by atoms with Crippen LogP contribution in [-0.4, -0.2) is 35.3 Å². The highest BCUT2D eigenvalue weighted by Crippen LogP contribution is 2.37. The molecule has 2 aliphatic rings. The van der Waals surface area contributed by atoms with Crippen molar-refractivity contribution in [3.05, 3.63) is 75.0 Å². The summed E-state index contributed by atoms with van der Waals surface area (Å²) in [4.78, 5) is 53.7. The first-order valence-electron chi connectivity index (χ1n) is 12.8. The first-order chi connectivity index (χ1) is 18.8. The highest BCUT2D eigenvalue weighted by molar-refractivity contribution is 9.10. The SMILES string of the molecule is CCOC(=O)CCc1c(/C=C2\C(=O)Nc3ccc(NC(=O)Nc4ccc(Br)cc4)cc32)[nH]c2c1C(=O)CCC2. The summed E-state index contributed by atoms with van der Waals surface area (Å²) >= 11 is 3.37. The molecule has 39 heavy (non-hydrogen) atoms. The minimum absolute atomic E-state index is 0.0376. The van der Waals surface area contributed by atoms with Crippen molar-refractivity contribution in [2.75, 3.05) is 22.6 Å². The van der Waals surface area contributed by atoms with Crippen LogP contribution in [0.4, 0.5) is 21.9 Å². The van der Waals surface area contributed by atoms with Gasteiger partial charge in [0.25, 0.3) is 5.91 Å². The molecule has 10 heteroatoms. The standard InChI is InChI=1S/C29H27BrN4O5/c1-2-39-26(36)13-11-19-24(33-23-4-3-5-25(35)27(19)23)15-21-20-14-18(10-12-22(20)34-28(21)37)32-29(38)31-17-8-6-16(30)7-9-17/h6-10,12,14-15,33H,2-5,11,13H2,1H3,(H,34,37)(H2,31,32,38)/b21-15-. The van der Waals surface area contributed by atoms with Gasteiger partial charge in [0.1, 0.15) is 0 Å². The van der Waals surface area contributed by atoms with Crippen LogP contribution in [0.15, 0.2) is 46.9 Å². The highest BCUT2D eigenvalue weighted by atomic mass is 79.9. The van der Waals surface area contributed by atoms with E-state index in [-0.39, 0.29) is 30.7 Å². The zero-order valence-electron chi connectivity index (χ0n) is 21.3. The molecule has 1 aromatic heterocycles. The van der Waals surface area contributed by atoms with E-state index in [1.165, 1.54) is 0 Å². The van der Waals surface area contributed by atoms with Gasteiger partial charge >= 0.3 is 12.0 Å². The maximum absolute atomic E-state index is 13.0. The molecule has 2 aromatic carbocycles. The third kappa shape index (κ3) is 5.80. The molecule has 3 amide bonds. The van der Waals surface area contributed by atoms with Gasteiger partial charge in [0.2, 0.25) is 0 Å². The minimum atomic E-state index is -0.420. The number of urea groups is 1. The fourth-order valence-corrected chi connectivity index (χ4v) is 5.18. The van der Waals surface area contributed by atoms with Crippen molar-refractivity contribution >= 4 is 68.3 Å². The maximum atomic E-state index is 13.0. The summed E-state index contributed by atoms with van der Waals surface area (Å²) in [7, 11) is 0. The molecule has 4 N–H and O–H groups in total. The van der Waals surface area contributed by atoms with Gasteiger partial charge in [0.15, 0.2) is 5.78 Å². The Morgan fingerprint density at radius 1 is 1.05 bits per heavy atom. The third-order valence-electron chi connectivity index (χ3n) is 6.66. The van der Waals surface area contributed by atoms with Crippen molar-refractivity contribution in [1.29, 1.82) is 0 Å². The zero-order valence-corrected chi connectivity index (χ0v) is 22.9. The molecule has 0 saturated heterocycles.